The molecule has 0 atom stereocenters. The number of hydrogen-bond acceptors (Lipinski definition) is 5. The maximum absolute atomic E-state index is 11.1. The van der Waals surface area contributed by atoms with E-state index in [1.807, 2.05) is 0 Å². The normalized spacial score (nSPS) is 11.1. The van der Waals surface area contributed by atoms with Gasteiger partial charge >= 0.3 is 5.97 Å². The van der Waals surface area contributed by atoms with E-state index in [9.17, 15) is 13.2 Å². The molecule has 0 saturated heterocycles. The van der Waals surface area contributed by atoms with Crippen molar-refractivity contribution in [2.24, 2.45) is 0 Å². The summed E-state index contributed by atoms with van der Waals surface area (Å²) in [6.07, 6.45) is 1.08. The average Bonchev–Trinajstić information content (AvgIpc) is 2.85. The minimum absolute atomic E-state index is 0.112. The molecule has 1 aromatic carbocycles. The zero-order valence-corrected chi connectivity index (χ0v) is 12.0. The molecule has 0 spiro atoms. The molecule has 0 unspecified atom stereocenters. The van der Waals surface area contributed by atoms with Crippen molar-refractivity contribution in [2.75, 3.05) is 16.3 Å². The van der Waals surface area contributed by atoms with Crippen molar-refractivity contribution in [1.29, 1.82) is 0 Å². The van der Waals surface area contributed by atoms with Crippen molar-refractivity contribution < 1.29 is 22.7 Å². The van der Waals surface area contributed by atoms with Gasteiger partial charge in [0, 0.05) is 11.4 Å². The second kappa shape index (κ2) is 5.88. The molecule has 0 bridgehead atoms. The first-order chi connectivity index (χ1) is 9.83. The van der Waals surface area contributed by atoms with E-state index in [1.54, 1.807) is 30.3 Å². The highest BCUT2D eigenvalue weighted by Crippen LogP contribution is 2.16. The number of nitrogens with one attached hydrogen (secondary N) is 2. The zero-order chi connectivity index (χ0) is 15.5. The van der Waals surface area contributed by atoms with Gasteiger partial charge in [0.25, 0.3) is 0 Å². The Balaban J connectivity index is 1.95. The van der Waals surface area contributed by atoms with E-state index in [0.29, 0.717) is 18.0 Å². The van der Waals surface area contributed by atoms with E-state index < -0.39 is 16.0 Å². The number of carboxylic acid groups (broad SMARTS) is 1. The summed E-state index contributed by atoms with van der Waals surface area (Å²) in [4.78, 5) is 10.7. The molecule has 0 fully saturated rings. The van der Waals surface area contributed by atoms with Crippen LogP contribution in [0.1, 0.15) is 16.3 Å². The van der Waals surface area contributed by atoms with Crippen LogP contribution in [-0.2, 0) is 16.6 Å². The van der Waals surface area contributed by atoms with Gasteiger partial charge in [-0.05, 0) is 36.4 Å². The molecule has 2 rings (SSSR count). The van der Waals surface area contributed by atoms with Crippen molar-refractivity contribution in [3.8, 4) is 0 Å². The van der Waals surface area contributed by atoms with E-state index in [1.165, 1.54) is 6.07 Å². The summed E-state index contributed by atoms with van der Waals surface area (Å²) in [7, 11) is -3.29. The second-order valence-corrected chi connectivity index (χ2v) is 6.12. The first-order valence-electron chi connectivity index (χ1n) is 5.97. The summed E-state index contributed by atoms with van der Waals surface area (Å²) in [5, 5.41) is 11.8. The maximum atomic E-state index is 11.1. The monoisotopic (exact) mass is 310 g/mol. The summed E-state index contributed by atoms with van der Waals surface area (Å²) in [5.74, 6) is -0.734. The molecule has 3 N–H and O–H groups in total. The van der Waals surface area contributed by atoms with Gasteiger partial charge < -0.3 is 14.8 Å². The number of anilines is 2. The number of carbonyl (C=O) groups is 1. The highest BCUT2D eigenvalue weighted by atomic mass is 32.2. The lowest BCUT2D eigenvalue weighted by Gasteiger charge is -2.07. The third kappa shape index (κ3) is 4.53. The predicted molar refractivity (Wildman–Crippen MR) is 77.9 cm³/mol. The van der Waals surface area contributed by atoms with Crippen molar-refractivity contribution >= 4 is 27.4 Å². The summed E-state index contributed by atoms with van der Waals surface area (Å²) in [6, 6.07) is 9.61. The maximum Gasteiger partial charge on any atom is 0.371 e. The zero-order valence-electron chi connectivity index (χ0n) is 11.2. The molecule has 1 heterocycles. The van der Waals surface area contributed by atoms with E-state index in [2.05, 4.69) is 10.0 Å². The van der Waals surface area contributed by atoms with Gasteiger partial charge in [-0.25, -0.2) is 13.2 Å². The van der Waals surface area contributed by atoms with Gasteiger partial charge in [-0.2, -0.15) is 0 Å². The van der Waals surface area contributed by atoms with Crippen LogP contribution < -0.4 is 10.0 Å². The summed E-state index contributed by atoms with van der Waals surface area (Å²) >= 11 is 0. The minimum Gasteiger partial charge on any atom is -0.475 e. The molecule has 0 aliphatic carbocycles. The van der Waals surface area contributed by atoms with Crippen LogP contribution in [0.2, 0.25) is 0 Å². The van der Waals surface area contributed by atoms with E-state index in [4.69, 9.17) is 9.52 Å². The quantitative estimate of drug-likeness (QED) is 0.752. The molecule has 1 aromatic heterocycles. The van der Waals surface area contributed by atoms with Crippen molar-refractivity contribution in [2.45, 2.75) is 6.54 Å². The van der Waals surface area contributed by atoms with Crippen LogP contribution in [-0.4, -0.2) is 25.7 Å². The summed E-state index contributed by atoms with van der Waals surface area (Å²) in [6.45, 7) is 0.326. The molecular weight excluding hydrogens is 296 g/mol. The van der Waals surface area contributed by atoms with Gasteiger partial charge in [-0.15, -0.1) is 0 Å². The predicted octanol–water partition coefficient (Wildman–Crippen LogP) is 1.96. The lowest BCUT2D eigenvalue weighted by Crippen LogP contribution is -2.09. The molecule has 0 aliphatic rings. The van der Waals surface area contributed by atoms with Crippen molar-refractivity contribution in [1.82, 2.24) is 0 Å². The Morgan fingerprint density at radius 3 is 2.29 bits per heavy atom. The topological polar surface area (TPSA) is 109 Å². The molecule has 2 aromatic rings. The lowest BCUT2D eigenvalue weighted by atomic mass is 10.3. The first kappa shape index (κ1) is 14.9. The summed E-state index contributed by atoms with van der Waals surface area (Å²) in [5.41, 5.74) is 1.22. The van der Waals surface area contributed by atoms with Crippen LogP contribution in [0.3, 0.4) is 0 Å². The van der Waals surface area contributed by atoms with Gasteiger partial charge in [0.05, 0.1) is 12.8 Å². The van der Waals surface area contributed by atoms with Crippen molar-refractivity contribution in [3.05, 3.63) is 47.9 Å². The lowest BCUT2D eigenvalue weighted by molar-refractivity contribution is 0.0660. The fourth-order valence-electron chi connectivity index (χ4n) is 1.65. The fraction of sp³-hybridized carbons (Fsp3) is 0.154. The van der Waals surface area contributed by atoms with Crippen LogP contribution in [0.5, 0.6) is 0 Å². The van der Waals surface area contributed by atoms with E-state index in [0.717, 1.165) is 11.9 Å². The van der Waals surface area contributed by atoms with Crippen LogP contribution in [0, 0.1) is 0 Å². The van der Waals surface area contributed by atoms with Gasteiger partial charge in [-0.3, -0.25) is 4.72 Å². The van der Waals surface area contributed by atoms with Crippen LogP contribution >= 0.6 is 0 Å². The number of furan rings is 1. The number of sulfonamides is 1. The average molecular weight is 310 g/mol. The second-order valence-electron chi connectivity index (χ2n) is 4.38. The number of aromatic carboxylic acids is 1. The van der Waals surface area contributed by atoms with Crippen LogP contribution in [0.15, 0.2) is 40.8 Å². The third-order valence-electron chi connectivity index (χ3n) is 2.53. The Morgan fingerprint density at radius 1 is 1.14 bits per heavy atom. The molecular formula is C13H14N2O5S. The molecule has 112 valence electrons. The Labute approximate surface area is 121 Å². The molecule has 8 heteroatoms. The van der Waals surface area contributed by atoms with Crippen molar-refractivity contribution in [3.63, 3.8) is 0 Å². The Hall–Kier alpha value is -2.48. The Morgan fingerprint density at radius 2 is 1.76 bits per heavy atom. The number of rotatable bonds is 6. The van der Waals surface area contributed by atoms with Gasteiger partial charge in [0.1, 0.15) is 5.76 Å². The van der Waals surface area contributed by atoms with Crippen LogP contribution in [0.4, 0.5) is 11.4 Å². The number of hydrogen-bond donors (Lipinski definition) is 3. The smallest absolute Gasteiger partial charge is 0.371 e. The fourth-order valence-corrected chi connectivity index (χ4v) is 2.21. The van der Waals surface area contributed by atoms with Gasteiger partial charge in [0.15, 0.2) is 0 Å². The van der Waals surface area contributed by atoms with Crippen LogP contribution in [0.25, 0.3) is 0 Å². The molecule has 21 heavy (non-hydrogen) atoms. The summed E-state index contributed by atoms with van der Waals surface area (Å²) < 4.78 is 29.6. The molecule has 0 saturated carbocycles. The van der Waals surface area contributed by atoms with Gasteiger partial charge in [-0.1, -0.05) is 0 Å². The number of carboxylic acids is 1. The highest BCUT2D eigenvalue weighted by Gasteiger charge is 2.08. The molecule has 0 amide bonds. The van der Waals surface area contributed by atoms with Gasteiger partial charge in [0.2, 0.25) is 15.8 Å². The molecule has 7 nitrogen and oxygen atoms in total. The first-order valence-corrected chi connectivity index (χ1v) is 7.86. The Kier molecular flexibility index (Phi) is 4.18. The standard InChI is InChI=1S/C13H14N2O5S/c1-21(18,19)15-10-4-2-9(3-5-10)14-8-11-6-7-12(20-11)13(16)17/h2-7,14-15H,8H2,1H3,(H,16,17). The SMILES string of the molecule is CS(=O)(=O)Nc1ccc(NCc2ccc(C(=O)O)o2)cc1. The molecule has 0 aliphatic heterocycles. The number of benzene rings is 1. The third-order valence-corrected chi connectivity index (χ3v) is 3.13. The highest BCUT2D eigenvalue weighted by molar-refractivity contribution is 7.92. The van der Waals surface area contributed by atoms with E-state index >= 15 is 0 Å². The van der Waals surface area contributed by atoms with E-state index in [-0.39, 0.29) is 5.76 Å². The Bertz CT molecular complexity index is 734. The minimum atomic E-state index is -3.29. The largest absolute Gasteiger partial charge is 0.475 e. The molecule has 0 radical (unpaired) electrons.